The number of benzene rings is 2. The first-order chi connectivity index (χ1) is 17.4. The maximum absolute atomic E-state index is 13.2. The number of H-pyrrole nitrogens is 1. The van der Waals surface area contributed by atoms with Crippen molar-refractivity contribution in [3.63, 3.8) is 0 Å². The number of carbonyl (C=O) groups is 1. The van der Waals surface area contributed by atoms with E-state index in [1.165, 1.54) is 18.2 Å². The summed E-state index contributed by atoms with van der Waals surface area (Å²) in [6, 6.07) is 6.70. The SMILES string of the molecule is O=C(Nc1cccc2nn3c(C4CCNCC4)cc(=O)[nH]c3c12)c1cc(C(F)(F)F)cc(C(F)(F)F)c1. The predicted octanol–water partition coefficient (Wildman–Crippen LogP) is 4.93. The number of piperidine rings is 1. The van der Waals surface area contributed by atoms with Crippen LogP contribution in [0.5, 0.6) is 0 Å². The highest BCUT2D eigenvalue weighted by atomic mass is 19.4. The number of nitrogens with zero attached hydrogens (tertiary/aromatic N) is 2. The van der Waals surface area contributed by atoms with Crippen LogP contribution in [0.25, 0.3) is 16.6 Å². The van der Waals surface area contributed by atoms with E-state index in [-0.39, 0.29) is 23.3 Å². The molecular formula is C24H19F6N5O2. The van der Waals surface area contributed by atoms with Crippen LogP contribution < -0.4 is 16.2 Å². The van der Waals surface area contributed by atoms with Crippen LogP contribution in [-0.4, -0.2) is 33.6 Å². The summed E-state index contributed by atoms with van der Waals surface area (Å²) in [5.41, 5.74) is -3.06. The molecule has 7 nitrogen and oxygen atoms in total. The quantitative estimate of drug-likeness (QED) is 0.332. The van der Waals surface area contributed by atoms with Crippen LogP contribution in [0.15, 0.2) is 47.3 Å². The third kappa shape index (κ3) is 4.78. The number of anilines is 1. The minimum Gasteiger partial charge on any atom is -0.321 e. The Hall–Kier alpha value is -3.87. The van der Waals surface area contributed by atoms with E-state index >= 15 is 0 Å². The Balaban J connectivity index is 1.60. The van der Waals surface area contributed by atoms with Crippen molar-refractivity contribution in [3.05, 3.63) is 75.2 Å². The molecule has 0 bridgehead atoms. The monoisotopic (exact) mass is 523 g/mol. The zero-order chi connectivity index (χ0) is 26.5. The van der Waals surface area contributed by atoms with Crippen LogP contribution in [0.1, 0.15) is 45.9 Å². The van der Waals surface area contributed by atoms with E-state index in [4.69, 9.17) is 0 Å². The Morgan fingerprint density at radius 3 is 2.24 bits per heavy atom. The van der Waals surface area contributed by atoms with Gasteiger partial charge in [-0.1, -0.05) is 6.07 Å². The van der Waals surface area contributed by atoms with Gasteiger partial charge in [0.25, 0.3) is 11.5 Å². The highest BCUT2D eigenvalue weighted by molar-refractivity contribution is 6.12. The summed E-state index contributed by atoms with van der Waals surface area (Å²) >= 11 is 0. The Morgan fingerprint density at radius 1 is 0.973 bits per heavy atom. The van der Waals surface area contributed by atoms with Crippen molar-refractivity contribution >= 4 is 28.1 Å². The van der Waals surface area contributed by atoms with Gasteiger partial charge in [-0.25, -0.2) is 4.52 Å². The molecule has 0 unspecified atom stereocenters. The molecule has 1 amide bonds. The number of amides is 1. The summed E-state index contributed by atoms with van der Waals surface area (Å²) in [5.74, 6) is -1.13. The van der Waals surface area contributed by atoms with Gasteiger partial charge in [-0.05, 0) is 56.3 Å². The lowest BCUT2D eigenvalue weighted by Crippen LogP contribution is -2.28. The molecule has 5 rings (SSSR count). The highest BCUT2D eigenvalue weighted by Crippen LogP contribution is 2.37. The average Bonchev–Trinajstić information content (AvgIpc) is 3.22. The fraction of sp³-hybridized carbons (Fsp3) is 0.292. The van der Waals surface area contributed by atoms with E-state index < -0.39 is 40.5 Å². The van der Waals surface area contributed by atoms with Crippen LogP contribution in [-0.2, 0) is 12.4 Å². The molecule has 2 aromatic carbocycles. The molecule has 0 aliphatic carbocycles. The fourth-order valence-corrected chi connectivity index (χ4v) is 4.58. The molecule has 0 radical (unpaired) electrons. The molecule has 2 aromatic heterocycles. The van der Waals surface area contributed by atoms with Gasteiger partial charge in [-0.2, -0.15) is 31.4 Å². The maximum atomic E-state index is 13.2. The molecule has 4 aromatic rings. The van der Waals surface area contributed by atoms with E-state index in [2.05, 4.69) is 20.7 Å². The lowest BCUT2D eigenvalue weighted by atomic mass is 9.94. The van der Waals surface area contributed by atoms with Crippen molar-refractivity contribution in [3.8, 4) is 0 Å². The summed E-state index contributed by atoms with van der Waals surface area (Å²) in [6.45, 7) is 1.52. The van der Waals surface area contributed by atoms with Crippen molar-refractivity contribution in [1.29, 1.82) is 0 Å². The van der Waals surface area contributed by atoms with E-state index in [1.807, 2.05) is 0 Å². The molecule has 194 valence electrons. The molecule has 1 saturated heterocycles. The van der Waals surface area contributed by atoms with Crippen molar-refractivity contribution in [2.75, 3.05) is 18.4 Å². The second-order valence-electron chi connectivity index (χ2n) is 8.79. The summed E-state index contributed by atoms with van der Waals surface area (Å²) in [5, 5.41) is 10.5. The molecule has 37 heavy (non-hydrogen) atoms. The number of rotatable bonds is 3. The molecular weight excluding hydrogens is 504 g/mol. The lowest BCUT2D eigenvalue weighted by Gasteiger charge is -2.23. The highest BCUT2D eigenvalue weighted by Gasteiger charge is 2.37. The molecule has 3 heterocycles. The minimum absolute atomic E-state index is 0.0456. The number of carbonyl (C=O) groups excluding carboxylic acids is 1. The van der Waals surface area contributed by atoms with Crippen molar-refractivity contribution in [1.82, 2.24) is 19.9 Å². The number of fused-ring (bicyclic) bond motifs is 3. The van der Waals surface area contributed by atoms with Gasteiger partial charge in [0.2, 0.25) is 0 Å². The summed E-state index contributed by atoms with van der Waals surface area (Å²) in [6.07, 6.45) is -8.64. The maximum Gasteiger partial charge on any atom is 0.416 e. The molecule has 1 fully saturated rings. The first-order valence-corrected chi connectivity index (χ1v) is 11.3. The van der Waals surface area contributed by atoms with Gasteiger partial charge in [-0.3, -0.25) is 9.59 Å². The first-order valence-electron chi connectivity index (χ1n) is 11.3. The number of hydrogen-bond donors (Lipinski definition) is 3. The molecule has 13 heteroatoms. The van der Waals surface area contributed by atoms with Gasteiger partial charge in [0.05, 0.1) is 33.4 Å². The Kier molecular flexibility index (Phi) is 5.97. The van der Waals surface area contributed by atoms with E-state index in [0.29, 0.717) is 28.7 Å². The van der Waals surface area contributed by atoms with E-state index in [9.17, 15) is 35.9 Å². The number of nitrogens with one attached hydrogen (secondary N) is 3. The van der Waals surface area contributed by atoms with Gasteiger partial charge in [0.1, 0.15) is 5.65 Å². The zero-order valence-electron chi connectivity index (χ0n) is 18.9. The zero-order valence-corrected chi connectivity index (χ0v) is 18.9. The topological polar surface area (TPSA) is 91.3 Å². The van der Waals surface area contributed by atoms with Gasteiger partial charge in [-0.15, -0.1) is 0 Å². The van der Waals surface area contributed by atoms with Gasteiger partial charge >= 0.3 is 12.4 Å². The van der Waals surface area contributed by atoms with Crippen LogP contribution in [0.4, 0.5) is 32.0 Å². The molecule has 3 N–H and O–H groups in total. The molecule has 1 aliphatic rings. The number of aromatic amines is 1. The van der Waals surface area contributed by atoms with Crippen LogP contribution in [0, 0.1) is 0 Å². The summed E-state index contributed by atoms with van der Waals surface area (Å²) in [4.78, 5) is 28.1. The molecule has 0 saturated carbocycles. The largest absolute Gasteiger partial charge is 0.416 e. The van der Waals surface area contributed by atoms with Crippen molar-refractivity contribution in [2.24, 2.45) is 0 Å². The van der Waals surface area contributed by atoms with Crippen LogP contribution in [0.2, 0.25) is 0 Å². The second kappa shape index (κ2) is 8.91. The third-order valence-electron chi connectivity index (χ3n) is 6.32. The van der Waals surface area contributed by atoms with E-state index in [0.717, 1.165) is 25.9 Å². The number of aromatic nitrogens is 3. The standard InChI is InChI=1S/C24H19F6N5O2/c25-23(26,27)14-8-13(9-15(10-14)24(28,29)30)22(37)32-16-2-1-3-17-20(16)21-33-19(36)11-18(35(21)34-17)12-4-6-31-7-5-12/h1-3,8-12,31H,4-7H2,(H,32,37)(H,33,36). The summed E-state index contributed by atoms with van der Waals surface area (Å²) in [7, 11) is 0. The average molecular weight is 523 g/mol. The number of hydrogen-bond acceptors (Lipinski definition) is 4. The normalized spacial score (nSPS) is 15.4. The first kappa shape index (κ1) is 24.8. The number of alkyl halides is 6. The van der Waals surface area contributed by atoms with Gasteiger partial charge < -0.3 is 15.6 Å². The van der Waals surface area contributed by atoms with Crippen molar-refractivity contribution in [2.45, 2.75) is 31.1 Å². The Morgan fingerprint density at radius 2 is 1.62 bits per heavy atom. The fourth-order valence-electron chi connectivity index (χ4n) is 4.58. The van der Waals surface area contributed by atoms with Crippen molar-refractivity contribution < 1.29 is 31.1 Å². The summed E-state index contributed by atoms with van der Waals surface area (Å²) < 4.78 is 81.1. The molecule has 0 atom stereocenters. The third-order valence-corrected chi connectivity index (χ3v) is 6.32. The smallest absolute Gasteiger partial charge is 0.321 e. The number of halogens is 6. The Labute approximate surface area is 204 Å². The molecule has 1 aliphatic heterocycles. The Bertz CT molecular complexity index is 1530. The minimum atomic E-state index is -5.09. The van der Waals surface area contributed by atoms with Crippen LogP contribution in [0.3, 0.4) is 0 Å². The second-order valence-corrected chi connectivity index (χ2v) is 8.79. The molecule has 0 spiro atoms. The van der Waals surface area contributed by atoms with Crippen LogP contribution >= 0.6 is 0 Å². The van der Waals surface area contributed by atoms with E-state index in [1.54, 1.807) is 10.6 Å². The lowest BCUT2D eigenvalue weighted by molar-refractivity contribution is -0.143. The van der Waals surface area contributed by atoms with Gasteiger partial charge in [0, 0.05) is 17.5 Å². The predicted molar refractivity (Wildman–Crippen MR) is 123 cm³/mol. The van der Waals surface area contributed by atoms with Gasteiger partial charge in [0.15, 0.2) is 0 Å².